The molecule has 3 atom stereocenters. The second-order valence-corrected chi connectivity index (χ2v) is 19.7. The molecule has 0 aliphatic carbocycles. The van der Waals surface area contributed by atoms with Crippen LogP contribution in [-0.2, 0) is 39.1 Å². The van der Waals surface area contributed by atoms with Crippen molar-refractivity contribution < 1.29 is 43.6 Å². The molecule has 20 nitrogen and oxygen atoms in total. The number of allylic oxidation sites excluding steroid dienone is 3. The lowest BCUT2D eigenvalue weighted by molar-refractivity contribution is -0.385. The zero-order chi connectivity index (χ0) is 57.6. The van der Waals surface area contributed by atoms with Gasteiger partial charge in [0.1, 0.15) is 18.1 Å². The van der Waals surface area contributed by atoms with Crippen LogP contribution in [0.15, 0.2) is 73.5 Å². The maximum Gasteiger partial charge on any atom is 0.310 e. The van der Waals surface area contributed by atoms with Crippen molar-refractivity contribution in [2.75, 3.05) is 40.3 Å². The molecule has 0 spiro atoms. The Morgan fingerprint density at radius 3 is 1.85 bits per heavy atom. The van der Waals surface area contributed by atoms with Crippen molar-refractivity contribution in [1.29, 1.82) is 0 Å². The number of phenols is 1. The summed E-state index contributed by atoms with van der Waals surface area (Å²) in [4.78, 5) is 97.5. The maximum absolute atomic E-state index is 12.7. The van der Waals surface area contributed by atoms with Crippen LogP contribution in [0.4, 0.5) is 5.69 Å². The number of hydrogen-bond donors (Lipinski definition) is 7. The van der Waals surface area contributed by atoms with Gasteiger partial charge in [-0.2, -0.15) is 0 Å². The first kappa shape index (κ1) is 69.0. The Hall–Kier alpha value is -7.09. The van der Waals surface area contributed by atoms with Gasteiger partial charge in [-0.1, -0.05) is 91.0 Å². The molecule has 3 unspecified atom stereocenters. The third kappa shape index (κ3) is 27.1. The molecule has 3 aromatic rings. The van der Waals surface area contributed by atoms with E-state index in [0.717, 1.165) is 16.4 Å². The average molecular weight is 1040 g/mol. The van der Waals surface area contributed by atoms with Crippen LogP contribution in [0.2, 0.25) is 0 Å². The Morgan fingerprint density at radius 2 is 1.38 bits per heavy atom. The topological polar surface area (TPSA) is 294 Å². The number of para-hydroxylation sites is 1. The van der Waals surface area contributed by atoms with Gasteiger partial charge in [0.05, 0.1) is 36.6 Å². The van der Waals surface area contributed by atoms with Crippen LogP contribution in [0.25, 0.3) is 10.9 Å². The highest BCUT2D eigenvalue weighted by Gasteiger charge is 2.29. The molecule has 0 radical (unpaired) electrons. The molecule has 3 rings (SSSR count). The first-order valence-corrected chi connectivity index (χ1v) is 24.7. The summed E-state index contributed by atoms with van der Waals surface area (Å²) in [6, 6.07) is 9.97. The molecule has 0 saturated heterocycles. The predicted octanol–water partition coefficient (Wildman–Crippen LogP) is 5.75. The standard InChI is InChI=1S/C25H46N8O7.C14H17N.C7H7NO3.C4H10.C4H8/c1-14(2)8-17(23(38)28-11-19(27)34)31-21(36)13-32(6)25(40)16(5)30-20(35)12-29-24(39)18(9-15(3)4)33(7)22(37)10-26;1-5-14(3,4)15-10-11(2)12-8-6-7-9-13(12)15;1-5-2-3-7(9)6(4-5)8(10)11;1-4(2)3;1-3-4-2/h14-18H,8-13,26H2,1-7H3,(H2,27,34)(H,28,38)(H,29,39)(H,30,35)(H,31,36);5-10H,1H2,2-4H3;2-4,9H,1H3;4H,1-3H3;3-4H,1-2H3/b;;;;4-3+. The number of nitrogens with zero attached hydrogens (tertiary/aromatic N) is 4. The first-order valence-electron chi connectivity index (χ1n) is 24.7. The van der Waals surface area contributed by atoms with Crippen molar-refractivity contribution in [2.45, 2.75) is 133 Å². The zero-order valence-electron chi connectivity index (χ0n) is 46.8. The van der Waals surface area contributed by atoms with E-state index in [1.807, 2.05) is 59.8 Å². The number of fused-ring (bicyclic) bond motifs is 1. The molecule has 0 aliphatic rings. The number of hydrogen-bond acceptors (Lipinski definition) is 11. The number of nitrogens with one attached hydrogen (secondary N) is 4. The number of carbonyl (C=O) groups is 7. The number of nitrogens with two attached hydrogens (primary N) is 2. The highest BCUT2D eigenvalue weighted by molar-refractivity contribution is 5.94. The lowest BCUT2D eigenvalue weighted by Crippen LogP contribution is -2.54. The maximum atomic E-state index is 12.7. The minimum Gasteiger partial charge on any atom is -0.502 e. The quantitative estimate of drug-likeness (QED) is 0.0406. The fraction of sp³-hybridized carbons (Fsp3) is 0.537. The van der Waals surface area contributed by atoms with Gasteiger partial charge < -0.3 is 52.2 Å². The lowest BCUT2D eigenvalue weighted by Gasteiger charge is -2.28. The number of nitro groups is 1. The van der Waals surface area contributed by atoms with Gasteiger partial charge in [-0.3, -0.25) is 43.7 Å². The van der Waals surface area contributed by atoms with Gasteiger partial charge >= 0.3 is 5.69 Å². The molecule has 1 heterocycles. The summed E-state index contributed by atoms with van der Waals surface area (Å²) in [7, 11) is 2.82. The van der Waals surface area contributed by atoms with Crippen molar-refractivity contribution in [2.24, 2.45) is 29.2 Å². The Balaban J connectivity index is 0. The number of rotatable bonds is 20. The predicted molar refractivity (Wildman–Crippen MR) is 294 cm³/mol. The number of aryl methyl sites for hydroxylation is 2. The largest absolute Gasteiger partial charge is 0.502 e. The first-order chi connectivity index (χ1) is 34.3. The van der Waals surface area contributed by atoms with Gasteiger partial charge in [0.2, 0.25) is 41.4 Å². The van der Waals surface area contributed by atoms with Gasteiger partial charge in [0.15, 0.2) is 5.75 Å². The molecule has 0 saturated carbocycles. The van der Waals surface area contributed by atoms with Crippen molar-refractivity contribution in [3.05, 3.63) is 94.7 Å². The molecule has 9 N–H and O–H groups in total. The van der Waals surface area contributed by atoms with E-state index in [4.69, 9.17) is 16.6 Å². The van der Waals surface area contributed by atoms with Gasteiger partial charge in [-0.15, -0.1) is 6.58 Å². The van der Waals surface area contributed by atoms with E-state index in [2.05, 4.69) is 104 Å². The summed E-state index contributed by atoms with van der Waals surface area (Å²) in [6.07, 6.45) is 8.84. The van der Waals surface area contributed by atoms with E-state index >= 15 is 0 Å². The van der Waals surface area contributed by atoms with Gasteiger partial charge in [-0.05, 0) is 102 Å². The van der Waals surface area contributed by atoms with E-state index in [1.165, 1.54) is 54.5 Å². The minimum absolute atomic E-state index is 0.0339. The average Bonchev–Trinajstić information content (AvgIpc) is 3.68. The van der Waals surface area contributed by atoms with Crippen molar-refractivity contribution in [3.63, 3.8) is 0 Å². The highest BCUT2D eigenvalue weighted by atomic mass is 16.6. The Bertz CT molecular complexity index is 2320. The monoisotopic (exact) mass is 1040 g/mol. The lowest BCUT2D eigenvalue weighted by atomic mass is 10.0. The number of aromatic hydroxyl groups is 1. The summed E-state index contributed by atoms with van der Waals surface area (Å²) >= 11 is 0. The normalized spacial score (nSPS) is 11.9. The molecule has 7 amide bonds. The number of likely N-dealkylation sites (N-methyl/N-ethyl adjacent to an activating group) is 2. The Labute approximate surface area is 439 Å². The van der Waals surface area contributed by atoms with Crippen LogP contribution in [0, 0.1) is 41.7 Å². The van der Waals surface area contributed by atoms with E-state index in [-0.39, 0.29) is 41.9 Å². The molecular weight excluding hydrogens is 949 g/mol. The number of primary amides is 1. The van der Waals surface area contributed by atoms with Gasteiger partial charge in [-0.25, -0.2) is 0 Å². The van der Waals surface area contributed by atoms with E-state index in [1.54, 1.807) is 13.0 Å². The number of carbonyl (C=O) groups excluding carboxylic acids is 7. The summed E-state index contributed by atoms with van der Waals surface area (Å²) in [5.41, 5.74) is 13.5. The molecule has 0 bridgehead atoms. The van der Waals surface area contributed by atoms with Gasteiger partial charge in [0, 0.05) is 37.3 Å². The Morgan fingerprint density at radius 1 is 0.838 bits per heavy atom. The van der Waals surface area contributed by atoms with E-state index < -0.39 is 77.5 Å². The summed E-state index contributed by atoms with van der Waals surface area (Å²) in [6.45, 7) is 30.1. The molecule has 20 heteroatoms. The SMILES string of the molecule is C/C=C/C.C=CC(C)(C)n1cc(C)c2ccccc21.CC(C)C.CC(C)CC(NC(=O)CN(C)C(=O)C(C)NC(=O)CNC(=O)C(CC(C)C)N(C)C(=O)CN)C(=O)NCC(N)=O.Cc1ccc(O)c([N+](=O)[O-])c1. The molecule has 0 fully saturated rings. The van der Waals surface area contributed by atoms with Crippen LogP contribution in [-0.4, -0.2) is 124 Å². The van der Waals surface area contributed by atoms with E-state index in [9.17, 15) is 43.7 Å². The van der Waals surface area contributed by atoms with Crippen molar-refractivity contribution >= 4 is 57.9 Å². The Kier molecular flexibility index (Phi) is 32.8. The van der Waals surface area contributed by atoms with Gasteiger partial charge in [0.25, 0.3) is 0 Å². The second kappa shape index (κ2) is 35.1. The molecule has 1 aromatic heterocycles. The number of phenolic OH excluding ortho intramolecular Hbond substituents is 1. The molecule has 74 heavy (non-hydrogen) atoms. The summed E-state index contributed by atoms with van der Waals surface area (Å²) < 4.78 is 2.28. The number of nitro benzene ring substituents is 1. The van der Waals surface area contributed by atoms with Crippen LogP contribution in [0.3, 0.4) is 0 Å². The van der Waals surface area contributed by atoms with Crippen molar-refractivity contribution in [3.8, 4) is 5.75 Å². The van der Waals surface area contributed by atoms with Crippen molar-refractivity contribution in [1.82, 2.24) is 35.6 Å². The third-order valence-electron chi connectivity index (χ3n) is 10.4. The summed E-state index contributed by atoms with van der Waals surface area (Å²) in [5.74, 6) is -3.43. The number of amides is 7. The molecule has 414 valence electrons. The van der Waals surface area contributed by atoms with E-state index in [0.29, 0.717) is 12.8 Å². The smallest absolute Gasteiger partial charge is 0.310 e. The number of benzene rings is 2. The zero-order valence-corrected chi connectivity index (χ0v) is 46.8. The molecule has 0 aliphatic heterocycles. The summed E-state index contributed by atoms with van der Waals surface area (Å²) in [5, 5.41) is 30.3. The highest BCUT2D eigenvalue weighted by Crippen LogP contribution is 2.28. The van der Waals surface area contributed by atoms with Crippen LogP contribution in [0.1, 0.15) is 107 Å². The molecule has 2 aromatic carbocycles. The van der Waals surface area contributed by atoms with Crippen LogP contribution in [0.5, 0.6) is 5.75 Å². The van der Waals surface area contributed by atoms with Crippen LogP contribution < -0.4 is 32.7 Å². The minimum atomic E-state index is -1.03. The fourth-order valence-corrected chi connectivity index (χ4v) is 6.41. The van der Waals surface area contributed by atoms with Crippen LogP contribution >= 0.6 is 0 Å². The number of aromatic nitrogens is 1. The third-order valence-corrected chi connectivity index (χ3v) is 10.4. The second-order valence-electron chi connectivity index (χ2n) is 19.7. The fourth-order valence-electron chi connectivity index (χ4n) is 6.41. The molecular formula is C54H88N10O10.